The third-order valence-corrected chi connectivity index (χ3v) is 6.68. The topological polar surface area (TPSA) is 69.7 Å². The fourth-order valence-corrected chi connectivity index (χ4v) is 4.63. The van der Waals surface area contributed by atoms with Gasteiger partial charge < -0.3 is 4.90 Å². The SMILES string of the molecule is C[C@H](NS(=O)(=O)c1ccccc1)C(=O)N1CCN(Cc2ccc(C(F)(F)F)cc2)CC1. The normalized spacial score (nSPS) is 16.8. The molecule has 1 fully saturated rings. The minimum absolute atomic E-state index is 0.0935. The molecular weight excluding hydrogens is 431 g/mol. The van der Waals surface area contributed by atoms with Gasteiger partial charge in [0, 0.05) is 32.7 Å². The molecule has 1 atom stereocenters. The van der Waals surface area contributed by atoms with Gasteiger partial charge in [0.15, 0.2) is 0 Å². The summed E-state index contributed by atoms with van der Waals surface area (Å²) in [6, 6.07) is 12.0. The number of halogens is 3. The smallest absolute Gasteiger partial charge is 0.339 e. The second-order valence-electron chi connectivity index (χ2n) is 7.45. The van der Waals surface area contributed by atoms with Gasteiger partial charge in [-0.15, -0.1) is 0 Å². The van der Waals surface area contributed by atoms with Gasteiger partial charge in [0.05, 0.1) is 16.5 Å². The molecule has 6 nitrogen and oxygen atoms in total. The van der Waals surface area contributed by atoms with Crippen LogP contribution in [0.25, 0.3) is 0 Å². The average Bonchev–Trinajstić information content (AvgIpc) is 2.74. The highest BCUT2D eigenvalue weighted by Crippen LogP contribution is 2.29. The highest BCUT2D eigenvalue weighted by Gasteiger charge is 2.30. The van der Waals surface area contributed by atoms with Crippen LogP contribution < -0.4 is 4.72 Å². The van der Waals surface area contributed by atoms with Crippen molar-refractivity contribution in [1.29, 1.82) is 0 Å². The predicted octanol–water partition coefficient (Wildman–Crippen LogP) is 2.72. The van der Waals surface area contributed by atoms with Crippen LogP contribution in [-0.4, -0.2) is 56.3 Å². The Morgan fingerprint density at radius 1 is 1.00 bits per heavy atom. The first kappa shape index (κ1) is 23.2. The van der Waals surface area contributed by atoms with E-state index < -0.39 is 27.8 Å². The summed E-state index contributed by atoms with van der Waals surface area (Å²) in [6.07, 6.45) is -4.36. The molecule has 168 valence electrons. The number of hydrogen-bond acceptors (Lipinski definition) is 4. The number of carbonyl (C=O) groups is 1. The quantitative estimate of drug-likeness (QED) is 0.727. The van der Waals surface area contributed by atoms with Gasteiger partial charge >= 0.3 is 6.18 Å². The number of nitrogens with one attached hydrogen (secondary N) is 1. The van der Waals surface area contributed by atoms with E-state index in [0.717, 1.165) is 17.7 Å². The fourth-order valence-electron chi connectivity index (χ4n) is 3.41. The number of amides is 1. The molecule has 1 heterocycles. The zero-order chi connectivity index (χ0) is 22.6. The van der Waals surface area contributed by atoms with Crippen LogP contribution in [0.15, 0.2) is 59.5 Å². The van der Waals surface area contributed by atoms with Crippen LogP contribution in [0.3, 0.4) is 0 Å². The molecule has 0 saturated carbocycles. The summed E-state index contributed by atoms with van der Waals surface area (Å²) in [4.78, 5) is 16.4. The van der Waals surface area contributed by atoms with Crippen molar-refractivity contribution in [2.24, 2.45) is 0 Å². The van der Waals surface area contributed by atoms with E-state index in [4.69, 9.17) is 0 Å². The van der Waals surface area contributed by atoms with E-state index in [2.05, 4.69) is 4.72 Å². The zero-order valence-corrected chi connectivity index (χ0v) is 17.8. The average molecular weight is 456 g/mol. The van der Waals surface area contributed by atoms with Crippen LogP contribution in [-0.2, 0) is 27.5 Å². The number of sulfonamides is 1. The highest BCUT2D eigenvalue weighted by atomic mass is 32.2. The van der Waals surface area contributed by atoms with E-state index in [1.165, 1.54) is 31.2 Å². The van der Waals surface area contributed by atoms with Gasteiger partial charge in [-0.2, -0.15) is 17.9 Å². The lowest BCUT2D eigenvalue weighted by Crippen LogP contribution is -2.53. The molecule has 2 aromatic rings. The van der Waals surface area contributed by atoms with E-state index in [1.54, 1.807) is 23.1 Å². The second kappa shape index (κ2) is 9.37. The predicted molar refractivity (Wildman–Crippen MR) is 110 cm³/mol. The van der Waals surface area contributed by atoms with Crippen molar-refractivity contribution in [1.82, 2.24) is 14.5 Å². The second-order valence-corrected chi connectivity index (χ2v) is 9.17. The standard InChI is InChI=1S/C21H24F3N3O3S/c1-16(25-31(29,30)19-5-3-2-4-6-19)20(28)27-13-11-26(12-14-27)15-17-7-9-18(10-8-17)21(22,23)24/h2-10,16,25H,11-15H2,1H3/t16-/m0/s1. The van der Waals surface area contributed by atoms with Gasteiger partial charge in [-0.1, -0.05) is 30.3 Å². The molecule has 0 aromatic heterocycles. The van der Waals surface area contributed by atoms with Gasteiger partial charge in [0.1, 0.15) is 0 Å². The Balaban J connectivity index is 1.51. The summed E-state index contributed by atoms with van der Waals surface area (Å²) in [5.41, 5.74) is 0.0791. The number of rotatable bonds is 6. The highest BCUT2D eigenvalue weighted by molar-refractivity contribution is 7.89. The van der Waals surface area contributed by atoms with Gasteiger partial charge in [0.25, 0.3) is 0 Å². The van der Waals surface area contributed by atoms with Crippen molar-refractivity contribution in [2.75, 3.05) is 26.2 Å². The summed E-state index contributed by atoms with van der Waals surface area (Å²) < 4.78 is 65.2. The van der Waals surface area contributed by atoms with Gasteiger partial charge in [-0.05, 0) is 36.8 Å². The van der Waals surface area contributed by atoms with E-state index in [9.17, 15) is 26.4 Å². The van der Waals surface area contributed by atoms with Crippen molar-refractivity contribution in [3.05, 3.63) is 65.7 Å². The van der Waals surface area contributed by atoms with Crippen molar-refractivity contribution >= 4 is 15.9 Å². The van der Waals surface area contributed by atoms with Crippen LogP contribution in [0.2, 0.25) is 0 Å². The number of nitrogens with zero attached hydrogens (tertiary/aromatic N) is 2. The molecule has 1 amide bonds. The van der Waals surface area contributed by atoms with Crippen molar-refractivity contribution < 1.29 is 26.4 Å². The van der Waals surface area contributed by atoms with Crippen molar-refractivity contribution in [3.8, 4) is 0 Å². The maximum absolute atomic E-state index is 12.7. The first-order valence-corrected chi connectivity index (χ1v) is 11.3. The van der Waals surface area contributed by atoms with E-state index >= 15 is 0 Å². The molecule has 3 rings (SSSR count). The molecule has 2 aromatic carbocycles. The molecule has 0 aliphatic carbocycles. The molecule has 31 heavy (non-hydrogen) atoms. The molecular formula is C21H24F3N3O3S. The Morgan fingerprint density at radius 3 is 2.13 bits per heavy atom. The Morgan fingerprint density at radius 2 is 1.58 bits per heavy atom. The van der Waals surface area contributed by atoms with E-state index in [-0.39, 0.29) is 10.8 Å². The Bertz CT molecular complexity index is 988. The lowest BCUT2D eigenvalue weighted by Gasteiger charge is -2.36. The van der Waals surface area contributed by atoms with Gasteiger partial charge in [-0.25, -0.2) is 8.42 Å². The lowest BCUT2D eigenvalue weighted by atomic mass is 10.1. The maximum Gasteiger partial charge on any atom is 0.416 e. The van der Waals surface area contributed by atoms with Crippen molar-refractivity contribution in [3.63, 3.8) is 0 Å². The van der Waals surface area contributed by atoms with Crippen LogP contribution in [0.5, 0.6) is 0 Å². The van der Waals surface area contributed by atoms with Gasteiger partial charge in [0.2, 0.25) is 15.9 Å². The molecule has 0 unspecified atom stereocenters. The summed E-state index contributed by atoms with van der Waals surface area (Å²) in [7, 11) is -3.80. The molecule has 1 saturated heterocycles. The molecule has 0 bridgehead atoms. The number of benzene rings is 2. The monoisotopic (exact) mass is 455 g/mol. The third kappa shape index (κ3) is 6.05. The lowest BCUT2D eigenvalue weighted by molar-refractivity contribution is -0.137. The number of hydrogen-bond donors (Lipinski definition) is 1. The van der Waals surface area contributed by atoms with Gasteiger partial charge in [-0.3, -0.25) is 9.69 Å². The third-order valence-electron chi connectivity index (χ3n) is 5.13. The Hall–Kier alpha value is -2.43. The van der Waals surface area contributed by atoms with Crippen LogP contribution in [0, 0.1) is 0 Å². The molecule has 1 aliphatic heterocycles. The minimum Gasteiger partial charge on any atom is -0.339 e. The first-order valence-electron chi connectivity index (χ1n) is 9.81. The van der Waals surface area contributed by atoms with Crippen molar-refractivity contribution in [2.45, 2.75) is 30.6 Å². The van der Waals surface area contributed by atoms with Crippen LogP contribution in [0.4, 0.5) is 13.2 Å². The molecule has 0 spiro atoms. The molecule has 10 heteroatoms. The molecule has 1 aliphatic rings. The number of carbonyl (C=O) groups excluding carboxylic acids is 1. The molecule has 0 radical (unpaired) electrons. The largest absolute Gasteiger partial charge is 0.416 e. The number of piperazine rings is 1. The number of alkyl halides is 3. The summed E-state index contributed by atoms with van der Waals surface area (Å²) in [5, 5.41) is 0. The summed E-state index contributed by atoms with van der Waals surface area (Å²) in [6.45, 7) is 3.91. The maximum atomic E-state index is 12.7. The first-order chi connectivity index (χ1) is 14.6. The van der Waals surface area contributed by atoms with E-state index in [1.807, 2.05) is 4.90 Å². The minimum atomic E-state index is -4.36. The Labute approximate surface area is 179 Å². The summed E-state index contributed by atoms with van der Waals surface area (Å²) >= 11 is 0. The zero-order valence-electron chi connectivity index (χ0n) is 17.0. The fraction of sp³-hybridized carbons (Fsp3) is 0.381. The van der Waals surface area contributed by atoms with Crippen LogP contribution >= 0.6 is 0 Å². The summed E-state index contributed by atoms with van der Waals surface area (Å²) in [5.74, 6) is -0.311. The van der Waals surface area contributed by atoms with E-state index in [0.29, 0.717) is 32.7 Å². The Kier molecular flexibility index (Phi) is 7.03. The van der Waals surface area contributed by atoms with Crippen LogP contribution in [0.1, 0.15) is 18.1 Å². The molecule has 1 N–H and O–H groups in total.